The minimum Gasteiger partial charge on any atom is -0.399 e. The van der Waals surface area contributed by atoms with Crippen molar-refractivity contribution in [2.45, 2.75) is 37.6 Å². The number of aryl methyl sites for hydroxylation is 2. The van der Waals surface area contributed by atoms with Gasteiger partial charge < -0.3 is 11.1 Å². The molecule has 1 fully saturated rings. The number of benzene rings is 1. The number of hydrogen-bond donors (Lipinski definition) is 3. The summed E-state index contributed by atoms with van der Waals surface area (Å²) in [6.45, 7) is 3.64. The molecule has 1 atom stereocenters. The second-order valence-corrected chi connectivity index (χ2v) is 6.84. The summed E-state index contributed by atoms with van der Waals surface area (Å²) >= 11 is 0. The number of amides is 1. The third-order valence-electron chi connectivity index (χ3n) is 3.36. The second kappa shape index (κ2) is 5.41. The van der Waals surface area contributed by atoms with Crippen LogP contribution in [0.5, 0.6) is 0 Å². The summed E-state index contributed by atoms with van der Waals surface area (Å²) in [4.78, 5) is 11.4. The van der Waals surface area contributed by atoms with Gasteiger partial charge in [0.15, 0.2) is 0 Å². The van der Waals surface area contributed by atoms with Crippen LogP contribution >= 0.6 is 0 Å². The monoisotopic (exact) mass is 297 g/mol. The van der Waals surface area contributed by atoms with E-state index in [0.717, 1.165) is 0 Å². The highest BCUT2D eigenvalue weighted by Crippen LogP contribution is 2.23. The minimum atomic E-state index is -3.60. The van der Waals surface area contributed by atoms with Crippen LogP contribution in [0.25, 0.3) is 0 Å². The van der Waals surface area contributed by atoms with Crippen molar-refractivity contribution < 1.29 is 13.2 Å². The molecule has 1 heterocycles. The summed E-state index contributed by atoms with van der Waals surface area (Å²) in [5.74, 6) is -0.0333. The summed E-state index contributed by atoms with van der Waals surface area (Å²) in [5.41, 5.74) is 7.47. The molecule has 1 aromatic carbocycles. The largest absolute Gasteiger partial charge is 0.399 e. The van der Waals surface area contributed by atoms with Crippen LogP contribution in [-0.2, 0) is 14.8 Å². The Labute approximate surface area is 118 Å². The van der Waals surface area contributed by atoms with E-state index in [2.05, 4.69) is 10.0 Å². The Morgan fingerprint density at radius 2 is 1.95 bits per heavy atom. The van der Waals surface area contributed by atoms with Gasteiger partial charge in [0.05, 0.1) is 4.90 Å². The molecule has 1 aromatic rings. The topological polar surface area (TPSA) is 101 Å². The molecule has 0 aliphatic carbocycles. The van der Waals surface area contributed by atoms with Crippen molar-refractivity contribution in [3.05, 3.63) is 23.3 Å². The van der Waals surface area contributed by atoms with E-state index in [-0.39, 0.29) is 23.4 Å². The summed E-state index contributed by atoms with van der Waals surface area (Å²) in [6.07, 6.45) is 1.10. The first-order valence-electron chi connectivity index (χ1n) is 6.45. The molecule has 110 valence electrons. The highest BCUT2D eigenvalue weighted by Gasteiger charge is 2.25. The maximum atomic E-state index is 12.4. The van der Waals surface area contributed by atoms with Crippen molar-refractivity contribution in [2.75, 3.05) is 12.3 Å². The summed E-state index contributed by atoms with van der Waals surface area (Å²) in [5, 5.41) is 2.73. The van der Waals surface area contributed by atoms with Crippen LogP contribution in [0, 0.1) is 13.8 Å². The van der Waals surface area contributed by atoms with Crippen LogP contribution in [0.15, 0.2) is 17.0 Å². The van der Waals surface area contributed by atoms with Crippen molar-refractivity contribution in [2.24, 2.45) is 0 Å². The quantitative estimate of drug-likeness (QED) is 0.702. The van der Waals surface area contributed by atoms with Crippen LogP contribution in [0.2, 0.25) is 0 Å². The third kappa shape index (κ3) is 3.10. The lowest BCUT2D eigenvalue weighted by Crippen LogP contribution is -2.38. The van der Waals surface area contributed by atoms with E-state index >= 15 is 0 Å². The highest BCUT2D eigenvalue weighted by molar-refractivity contribution is 7.89. The Morgan fingerprint density at radius 1 is 1.35 bits per heavy atom. The van der Waals surface area contributed by atoms with Gasteiger partial charge in [0.2, 0.25) is 15.9 Å². The minimum absolute atomic E-state index is 0.0333. The van der Waals surface area contributed by atoms with Crippen LogP contribution in [0.1, 0.15) is 24.0 Å². The van der Waals surface area contributed by atoms with Crippen molar-refractivity contribution >= 4 is 21.6 Å². The van der Waals surface area contributed by atoms with Crippen molar-refractivity contribution in [3.63, 3.8) is 0 Å². The number of nitrogens with two attached hydrogens (primary N) is 1. The SMILES string of the molecule is Cc1cc(N)cc(C)c1S(=O)(=O)NCC1CCC(=O)N1. The summed E-state index contributed by atoms with van der Waals surface area (Å²) in [7, 11) is -3.60. The van der Waals surface area contributed by atoms with E-state index in [9.17, 15) is 13.2 Å². The smallest absolute Gasteiger partial charge is 0.241 e. The van der Waals surface area contributed by atoms with E-state index in [4.69, 9.17) is 5.73 Å². The van der Waals surface area contributed by atoms with Crippen LogP contribution in [0.4, 0.5) is 5.69 Å². The Hall–Kier alpha value is -1.60. The zero-order chi connectivity index (χ0) is 14.9. The molecule has 6 nitrogen and oxygen atoms in total. The Balaban J connectivity index is 2.16. The number of anilines is 1. The molecule has 1 aliphatic heterocycles. The normalized spacial score (nSPS) is 19.1. The lowest BCUT2D eigenvalue weighted by Gasteiger charge is -2.15. The van der Waals surface area contributed by atoms with Crippen LogP contribution < -0.4 is 15.8 Å². The highest BCUT2D eigenvalue weighted by atomic mass is 32.2. The van der Waals surface area contributed by atoms with E-state index in [0.29, 0.717) is 29.7 Å². The Bertz CT molecular complexity index is 617. The molecule has 1 unspecified atom stereocenters. The van der Waals surface area contributed by atoms with Gasteiger partial charge in [-0.05, 0) is 43.5 Å². The molecule has 0 aromatic heterocycles. The number of nitrogen functional groups attached to an aromatic ring is 1. The number of sulfonamides is 1. The molecule has 4 N–H and O–H groups in total. The fourth-order valence-corrected chi connectivity index (χ4v) is 4.05. The zero-order valence-electron chi connectivity index (χ0n) is 11.6. The number of hydrogen-bond acceptors (Lipinski definition) is 4. The van der Waals surface area contributed by atoms with Crippen molar-refractivity contribution in [1.82, 2.24) is 10.0 Å². The van der Waals surface area contributed by atoms with Gasteiger partial charge >= 0.3 is 0 Å². The predicted octanol–water partition coefficient (Wildman–Crippen LogP) is 0.443. The zero-order valence-corrected chi connectivity index (χ0v) is 12.4. The van der Waals surface area contributed by atoms with Gasteiger partial charge in [0, 0.05) is 24.7 Å². The van der Waals surface area contributed by atoms with Gasteiger partial charge in [0.25, 0.3) is 0 Å². The fourth-order valence-electron chi connectivity index (χ4n) is 2.52. The number of rotatable bonds is 4. The lowest BCUT2D eigenvalue weighted by molar-refractivity contribution is -0.119. The molecular formula is C13H19N3O3S. The lowest BCUT2D eigenvalue weighted by atomic mass is 10.1. The number of nitrogens with one attached hydrogen (secondary N) is 2. The van der Waals surface area contributed by atoms with E-state index in [1.165, 1.54) is 0 Å². The standard InChI is InChI=1S/C13H19N3O3S/c1-8-5-10(14)6-9(2)13(8)20(18,19)15-7-11-3-4-12(17)16-11/h5-6,11,15H,3-4,7,14H2,1-2H3,(H,16,17). The maximum Gasteiger partial charge on any atom is 0.241 e. The van der Waals surface area contributed by atoms with Gasteiger partial charge in [-0.3, -0.25) is 4.79 Å². The number of carbonyl (C=O) groups excluding carboxylic acids is 1. The molecular weight excluding hydrogens is 278 g/mol. The molecule has 0 bridgehead atoms. The second-order valence-electron chi connectivity index (χ2n) is 5.14. The average Bonchev–Trinajstić information content (AvgIpc) is 2.71. The Kier molecular flexibility index (Phi) is 4.01. The summed E-state index contributed by atoms with van der Waals surface area (Å²) < 4.78 is 27.3. The van der Waals surface area contributed by atoms with Gasteiger partial charge in [-0.2, -0.15) is 0 Å². The molecule has 0 radical (unpaired) electrons. The molecule has 0 saturated carbocycles. The molecule has 7 heteroatoms. The maximum absolute atomic E-state index is 12.4. The average molecular weight is 297 g/mol. The van der Waals surface area contributed by atoms with Gasteiger partial charge in [-0.1, -0.05) is 0 Å². The molecule has 1 aliphatic rings. The van der Waals surface area contributed by atoms with Crippen LogP contribution in [-0.4, -0.2) is 26.9 Å². The van der Waals surface area contributed by atoms with Crippen molar-refractivity contribution in [3.8, 4) is 0 Å². The van der Waals surface area contributed by atoms with E-state index in [1.807, 2.05) is 0 Å². The van der Waals surface area contributed by atoms with Gasteiger partial charge in [-0.25, -0.2) is 13.1 Å². The Morgan fingerprint density at radius 3 is 2.45 bits per heavy atom. The van der Waals surface area contributed by atoms with Gasteiger partial charge in [0.1, 0.15) is 0 Å². The molecule has 0 spiro atoms. The fraction of sp³-hybridized carbons (Fsp3) is 0.462. The van der Waals surface area contributed by atoms with E-state index < -0.39 is 10.0 Å². The first-order chi connectivity index (χ1) is 9.29. The van der Waals surface area contributed by atoms with Crippen molar-refractivity contribution in [1.29, 1.82) is 0 Å². The predicted molar refractivity (Wildman–Crippen MR) is 76.7 cm³/mol. The molecule has 20 heavy (non-hydrogen) atoms. The molecule has 1 saturated heterocycles. The van der Waals surface area contributed by atoms with Crippen LogP contribution in [0.3, 0.4) is 0 Å². The first kappa shape index (κ1) is 14.8. The third-order valence-corrected chi connectivity index (χ3v) is 5.08. The van der Waals surface area contributed by atoms with Gasteiger partial charge in [-0.15, -0.1) is 0 Å². The molecule has 2 rings (SSSR count). The molecule has 1 amide bonds. The first-order valence-corrected chi connectivity index (χ1v) is 7.93. The summed E-state index contributed by atoms with van der Waals surface area (Å²) in [6, 6.07) is 3.14. The number of carbonyl (C=O) groups is 1. The van der Waals surface area contributed by atoms with E-state index in [1.54, 1.807) is 26.0 Å².